The monoisotopic (exact) mass is 540 g/mol. The molecule has 2 fully saturated rings. The zero-order valence-corrected chi connectivity index (χ0v) is 22.5. The highest BCUT2D eigenvalue weighted by atomic mass is 35.5. The first-order chi connectivity index (χ1) is 17.4. The number of rotatable bonds is 4. The highest BCUT2D eigenvalue weighted by molar-refractivity contribution is 7.99. The first kappa shape index (κ1) is 23.9. The van der Waals surface area contributed by atoms with Gasteiger partial charge >= 0.3 is 0 Å². The van der Waals surface area contributed by atoms with E-state index in [-0.39, 0.29) is 11.9 Å². The summed E-state index contributed by atoms with van der Waals surface area (Å²) in [5, 5.41) is 5.04. The second-order valence-electron chi connectivity index (χ2n) is 9.50. The third-order valence-electron chi connectivity index (χ3n) is 7.29. The molecule has 1 atom stereocenters. The Morgan fingerprint density at radius 2 is 1.83 bits per heavy atom. The van der Waals surface area contributed by atoms with E-state index in [0.717, 1.165) is 69.5 Å². The summed E-state index contributed by atoms with van der Waals surface area (Å²) in [6.45, 7) is 3.89. The van der Waals surface area contributed by atoms with E-state index in [4.69, 9.17) is 32.7 Å². The Hall–Kier alpha value is -2.48. The molecule has 0 spiro atoms. The summed E-state index contributed by atoms with van der Waals surface area (Å²) in [5.74, 6) is 4.06. The molecular formula is C27H26Cl2N4O2S. The van der Waals surface area contributed by atoms with Crippen LogP contribution in [0, 0.1) is 13.8 Å². The summed E-state index contributed by atoms with van der Waals surface area (Å²) < 4.78 is 7.82. The molecule has 9 heteroatoms. The highest BCUT2D eigenvalue weighted by Crippen LogP contribution is 2.42. The largest absolute Gasteiger partial charge is 0.361 e. The number of fused-ring (bicyclic) bond motifs is 1. The minimum absolute atomic E-state index is 0.0765. The minimum Gasteiger partial charge on any atom is -0.361 e. The third kappa shape index (κ3) is 4.01. The second-order valence-corrected chi connectivity index (χ2v) is 11.5. The molecule has 2 aliphatic rings. The maximum atomic E-state index is 13.1. The van der Waals surface area contributed by atoms with Crippen molar-refractivity contribution in [1.82, 2.24) is 14.7 Å². The number of aryl methyl sites for hydroxylation is 2. The van der Waals surface area contributed by atoms with Crippen molar-refractivity contribution >= 4 is 57.6 Å². The lowest BCUT2D eigenvalue weighted by atomic mass is 10.0. The maximum Gasteiger partial charge on any atom is 0.227 e. The number of hydrogen-bond acceptors (Lipinski definition) is 5. The number of nitrogens with zero attached hydrogens (tertiary/aromatic N) is 4. The molecule has 6 nitrogen and oxygen atoms in total. The first-order valence-electron chi connectivity index (χ1n) is 12.2. The highest BCUT2D eigenvalue weighted by Gasteiger charge is 2.38. The molecule has 0 saturated carbocycles. The van der Waals surface area contributed by atoms with Crippen molar-refractivity contribution in [2.24, 2.45) is 0 Å². The lowest BCUT2D eigenvalue weighted by Crippen LogP contribution is -2.30. The molecule has 2 saturated heterocycles. The minimum atomic E-state index is -0.167. The van der Waals surface area contributed by atoms with Gasteiger partial charge in [0.15, 0.2) is 0 Å². The normalized spacial score (nSPS) is 19.1. The molecule has 0 aliphatic carbocycles. The zero-order chi connectivity index (χ0) is 25.0. The van der Waals surface area contributed by atoms with Crippen LogP contribution in [-0.4, -0.2) is 32.1 Å². The van der Waals surface area contributed by atoms with Crippen molar-refractivity contribution in [2.75, 3.05) is 16.4 Å². The van der Waals surface area contributed by atoms with E-state index >= 15 is 0 Å². The molecule has 36 heavy (non-hydrogen) atoms. The maximum absolute atomic E-state index is 13.1. The Balaban J connectivity index is 1.51. The average Bonchev–Trinajstić information content (AvgIpc) is 3.55. The number of hydrogen-bond donors (Lipinski definition) is 0. The van der Waals surface area contributed by atoms with Crippen LogP contribution in [-0.2, 0) is 4.79 Å². The number of aromatic nitrogens is 3. The molecule has 2 aliphatic heterocycles. The van der Waals surface area contributed by atoms with Gasteiger partial charge in [-0.25, -0.2) is 4.98 Å². The number of anilines is 1. The van der Waals surface area contributed by atoms with Crippen LogP contribution in [0.15, 0.2) is 40.9 Å². The number of carbonyl (C=O) groups is 1. The average molecular weight is 542 g/mol. The Kier molecular flexibility index (Phi) is 6.26. The first-order valence-corrected chi connectivity index (χ1v) is 14.1. The molecule has 0 N–H and O–H groups in total. The van der Waals surface area contributed by atoms with E-state index < -0.39 is 0 Å². The Bertz CT molecular complexity index is 1450. The van der Waals surface area contributed by atoms with Crippen LogP contribution in [0.5, 0.6) is 0 Å². The van der Waals surface area contributed by atoms with Crippen molar-refractivity contribution in [3.8, 4) is 11.1 Å². The van der Waals surface area contributed by atoms with Crippen molar-refractivity contribution in [1.29, 1.82) is 0 Å². The van der Waals surface area contributed by atoms with Gasteiger partial charge in [0, 0.05) is 23.7 Å². The van der Waals surface area contributed by atoms with Crippen molar-refractivity contribution in [3.05, 3.63) is 63.7 Å². The van der Waals surface area contributed by atoms with Crippen molar-refractivity contribution in [3.63, 3.8) is 0 Å². The van der Waals surface area contributed by atoms with Gasteiger partial charge in [-0.15, -0.1) is 0 Å². The number of amides is 1. The topological polar surface area (TPSA) is 64.2 Å². The number of halogens is 2. The summed E-state index contributed by atoms with van der Waals surface area (Å²) in [7, 11) is 0. The van der Waals surface area contributed by atoms with Crippen LogP contribution in [0.3, 0.4) is 0 Å². The molecule has 186 valence electrons. The van der Waals surface area contributed by atoms with Crippen LogP contribution < -0.4 is 4.90 Å². The van der Waals surface area contributed by atoms with E-state index in [1.165, 1.54) is 0 Å². The van der Waals surface area contributed by atoms with Gasteiger partial charge in [0.2, 0.25) is 5.91 Å². The molecule has 1 amide bonds. The van der Waals surface area contributed by atoms with E-state index in [1.54, 1.807) is 12.1 Å². The summed E-state index contributed by atoms with van der Waals surface area (Å²) in [5.41, 5.74) is 5.70. The quantitative estimate of drug-likeness (QED) is 0.267. The van der Waals surface area contributed by atoms with Gasteiger partial charge in [-0.05, 0) is 80.5 Å². The van der Waals surface area contributed by atoms with Crippen molar-refractivity contribution < 1.29 is 9.32 Å². The summed E-state index contributed by atoms with van der Waals surface area (Å²) in [6.07, 6.45) is 3.35. The fraction of sp³-hybridized carbons (Fsp3) is 0.370. The molecule has 1 unspecified atom stereocenters. The summed E-state index contributed by atoms with van der Waals surface area (Å²) in [4.78, 5) is 20.2. The van der Waals surface area contributed by atoms with E-state index in [2.05, 4.69) is 27.9 Å². The van der Waals surface area contributed by atoms with Gasteiger partial charge in [0.05, 0.1) is 32.8 Å². The SMILES string of the molecule is Cc1noc(C)c1-c1ccc2c(c1)nc(C1CCC(=O)N1c1ccc(Cl)c(Cl)c1)n2C1CCSCC1. The number of imidazole rings is 1. The Morgan fingerprint density at radius 1 is 1.03 bits per heavy atom. The van der Waals surface area contributed by atoms with Gasteiger partial charge in [-0.3, -0.25) is 4.79 Å². The Labute approximate surface area is 223 Å². The molecule has 4 heterocycles. The predicted octanol–water partition coefficient (Wildman–Crippen LogP) is 7.55. The van der Waals surface area contributed by atoms with Crippen molar-refractivity contribution in [2.45, 2.75) is 51.6 Å². The number of thioether (sulfide) groups is 1. The second kappa shape index (κ2) is 9.43. The molecule has 2 aromatic carbocycles. The smallest absolute Gasteiger partial charge is 0.227 e. The lowest BCUT2D eigenvalue weighted by molar-refractivity contribution is -0.117. The van der Waals surface area contributed by atoms with Gasteiger partial charge in [-0.2, -0.15) is 11.8 Å². The van der Waals surface area contributed by atoms with Gasteiger partial charge in [-0.1, -0.05) is 34.4 Å². The molecule has 6 rings (SSSR count). The standard InChI is InChI=1S/C27H26Cl2N4O2S/c1-15-26(16(2)35-31-15)17-3-6-23-22(13-17)30-27(33(23)18-9-11-36-12-10-18)24-7-8-25(34)32(24)19-4-5-20(28)21(29)14-19/h3-6,13-14,18,24H,7-12H2,1-2H3. The summed E-state index contributed by atoms with van der Waals surface area (Å²) >= 11 is 14.5. The number of benzene rings is 2. The van der Waals surface area contributed by atoms with E-state index in [1.807, 2.05) is 36.6 Å². The molecule has 2 aromatic heterocycles. The molecule has 0 radical (unpaired) electrons. The van der Waals surface area contributed by atoms with Gasteiger partial charge < -0.3 is 14.0 Å². The lowest BCUT2D eigenvalue weighted by Gasteiger charge is -2.30. The van der Waals surface area contributed by atoms with E-state index in [9.17, 15) is 4.79 Å². The predicted molar refractivity (Wildman–Crippen MR) is 146 cm³/mol. The molecule has 0 bridgehead atoms. The van der Waals surface area contributed by atoms with Gasteiger partial charge in [0.25, 0.3) is 0 Å². The zero-order valence-electron chi connectivity index (χ0n) is 20.1. The van der Waals surface area contributed by atoms with E-state index in [0.29, 0.717) is 28.9 Å². The molecule has 4 aromatic rings. The van der Waals surface area contributed by atoms with Crippen LogP contribution >= 0.6 is 35.0 Å². The van der Waals surface area contributed by atoms with Crippen LogP contribution in [0.25, 0.3) is 22.2 Å². The fourth-order valence-corrected chi connectivity index (χ4v) is 6.99. The molecular weight excluding hydrogens is 515 g/mol. The van der Waals surface area contributed by atoms with Crippen LogP contribution in [0.4, 0.5) is 5.69 Å². The Morgan fingerprint density at radius 3 is 2.56 bits per heavy atom. The summed E-state index contributed by atoms with van der Waals surface area (Å²) in [6, 6.07) is 12.0. The van der Waals surface area contributed by atoms with Crippen LogP contribution in [0.1, 0.15) is 55.0 Å². The van der Waals surface area contributed by atoms with Crippen LogP contribution in [0.2, 0.25) is 10.0 Å². The van der Waals surface area contributed by atoms with Gasteiger partial charge in [0.1, 0.15) is 11.6 Å². The number of carbonyl (C=O) groups excluding carboxylic acids is 1. The third-order valence-corrected chi connectivity index (χ3v) is 9.07. The fourth-order valence-electron chi connectivity index (χ4n) is 5.62.